The van der Waals surface area contributed by atoms with Crippen molar-refractivity contribution in [3.63, 3.8) is 0 Å². The first-order valence-electron chi connectivity index (χ1n) is 6.68. The molecule has 1 aromatic rings. The Labute approximate surface area is 112 Å². The third-order valence-corrected chi connectivity index (χ3v) is 2.47. The maximum Gasteiger partial charge on any atom is 0.0483 e. The molecular formula is C16H29NO. The molecule has 0 aromatic heterocycles. The van der Waals surface area contributed by atoms with Crippen molar-refractivity contribution < 1.29 is 5.11 Å². The zero-order valence-electron chi connectivity index (χ0n) is 12.9. The van der Waals surface area contributed by atoms with Gasteiger partial charge in [-0.25, -0.2) is 0 Å². The van der Waals surface area contributed by atoms with Crippen LogP contribution in [0.4, 0.5) is 0 Å². The van der Waals surface area contributed by atoms with Gasteiger partial charge >= 0.3 is 0 Å². The number of nitrogens with one attached hydrogen (secondary N) is 1. The molecule has 0 spiro atoms. The largest absolute Gasteiger partial charge is 0.394 e. The van der Waals surface area contributed by atoms with E-state index in [1.54, 1.807) is 13.8 Å². The summed E-state index contributed by atoms with van der Waals surface area (Å²) in [6, 6.07) is 9.06. The highest BCUT2D eigenvalue weighted by Crippen LogP contribution is 2.23. The van der Waals surface area contributed by atoms with Crippen molar-refractivity contribution in [2.24, 2.45) is 0 Å². The molecule has 0 saturated carbocycles. The quantitative estimate of drug-likeness (QED) is 0.860. The highest BCUT2D eigenvalue weighted by molar-refractivity contribution is 5.31. The Hall–Kier alpha value is -0.860. The van der Waals surface area contributed by atoms with Crippen LogP contribution >= 0.6 is 0 Å². The Balaban J connectivity index is 0.000000631. The van der Waals surface area contributed by atoms with E-state index >= 15 is 0 Å². The molecule has 2 heteroatoms. The molecule has 0 unspecified atom stereocenters. The van der Waals surface area contributed by atoms with Gasteiger partial charge in [-0.05, 0) is 45.7 Å². The van der Waals surface area contributed by atoms with Gasteiger partial charge in [0.2, 0.25) is 0 Å². The second-order valence-corrected chi connectivity index (χ2v) is 5.83. The molecular weight excluding hydrogens is 222 g/mol. The van der Waals surface area contributed by atoms with Crippen molar-refractivity contribution >= 4 is 0 Å². The summed E-state index contributed by atoms with van der Waals surface area (Å²) in [7, 11) is 0. The molecule has 1 aromatic carbocycles. The predicted octanol–water partition coefficient (Wildman–Crippen LogP) is 3.62. The van der Waals surface area contributed by atoms with Crippen LogP contribution in [-0.4, -0.2) is 17.3 Å². The minimum absolute atomic E-state index is 0.0551. The van der Waals surface area contributed by atoms with Gasteiger partial charge in [0.1, 0.15) is 0 Å². The maximum atomic E-state index is 8.06. The molecule has 0 heterocycles. The van der Waals surface area contributed by atoms with Gasteiger partial charge < -0.3 is 10.4 Å². The number of hydrogen-bond acceptors (Lipinski definition) is 2. The molecule has 0 aliphatic carbocycles. The third kappa shape index (κ3) is 6.77. The summed E-state index contributed by atoms with van der Waals surface area (Å²) in [4.78, 5) is 0. The minimum Gasteiger partial charge on any atom is -0.394 e. The average molecular weight is 251 g/mol. The standard InChI is InChI=1S/C13H21N.C3H8O/c1-10(2)14-13(4,5)12-9-7-6-8-11(12)3;1-3(2)4/h6-10,14H,1-5H3;3-4H,1-2H3. The summed E-state index contributed by atoms with van der Waals surface area (Å²) >= 11 is 0. The smallest absolute Gasteiger partial charge is 0.0483 e. The Morgan fingerprint density at radius 3 is 1.89 bits per heavy atom. The van der Waals surface area contributed by atoms with Crippen LogP contribution in [0.5, 0.6) is 0 Å². The lowest BCUT2D eigenvalue weighted by Crippen LogP contribution is -2.41. The van der Waals surface area contributed by atoms with Crippen molar-refractivity contribution in [2.75, 3.05) is 0 Å². The monoisotopic (exact) mass is 251 g/mol. The van der Waals surface area contributed by atoms with Gasteiger partial charge in [-0.3, -0.25) is 0 Å². The van der Waals surface area contributed by atoms with Gasteiger partial charge in [-0.15, -0.1) is 0 Å². The van der Waals surface area contributed by atoms with E-state index in [0.717, 1.165) is 0 Å². The average Bonchev–Trinajstić information content (AvgIpc) is 2.14. The van der Waals surface area contributed by atoms with Crippen LogP contribution in [0.3, 0.4) is 0 Å². The van der Waals surface area contributed by atoms with Crippen molar-refractivity contribution in [1.29, 1.82) is 0 Å². The van der Waals surface area contributed by atoms with E-state index in [-0.39, 0.29) is 11.6 Å². The predicted molar refractivity (Wildman–Crippen MR) is 79.8 cm³/mol. The fraction of sp³-hybridized carbons (Fsp3) is 0.625. The Morgan fingerprint density at radius 1 is 1.06 bits per heavy atom. The van der Waals surface area contributed by atoms with Crippen LogP contribution in [0, 0.1) is 6.92 Å². The molecule has 2 N–H and O–H groups in total. The summed E-state index contributed by atoms with van der Waals surface area (Å²) < 4.78 is 0. The van der Waals surface area contributed by atoms with Crippen molar-refractivity contribution in [3.05, 3.63) is 35.4 Å². The van der Waals surface area contributed by atoms with Gasteiger partial charge in [0.05, 0.1) is 0 Å². The van der Waals surface area contributed by atoms with Gasteiger partial charge in [-0.2, -0.15) is 0 Å². The van der Waals surface area contributed by atoms with E-state index in [2.05, 4.69) is 64.2 Å². The summed E-state index contributed by atoms with van der Waals surface area (Å²) in [5.41, 5.74) is 2.79. The van der Waals surface area contributed by atoms with Gasteiger partial charge in [-0.1, -0.05) is 38.1 Å². The van der Waals surface area contributed by atoms with E-state index in [1.807, 2.05) is 0 Å². The van der Waals surface area contributed by atoms with Crippen LogP contribution in [0.2, 0.25) is 0 Å². The number of rotatable bonds is 3. The zero-order valence-corrected chi connectivity index (χ0v) is 12.9. The number of aliphatic hydroxyl groups excluding tert-OH is 1. The lowest BCUT2D eigenvalue weighted by molar-refractivity contribution is 0.216. The van der Waals surface area contributed by atoms with Crippen LogP contribution in [-0.2, 0) is 5.54 Å². The van der Waals surface area contributed by atoms with E-state index in [1.165, 1.54) is 11.1 Å². The maximum absolute atomic E-state index is 8.06. The lowest BCUT2D eigenvalue weighted by atomic mass is 9.90. The van der Waals surface area contributed by atoms with Crippen molar-refractivity contribution in [2.45, 2.75) is 66.2 Å². The lowest BCUT2D eigenvalue weighted by Gasteiger charge is -2.30. The first-order chi connectivity index (χ1) is 8.16. The van der Waals surface area contributed by atoms with Gasteiger partial charge in [0.25, 0.3) is 0 Å². The van der Waals surface area contributed by atoms with Gasteiger partial charge in [0, 0.05) is 17.7 Å². The number of benzene rings is 1. The highest BCUT2D eigenvalue weighted by Gasteiger charge is 2.21. The Kier molecular flexibility index (Phi) is 7.19. The normalized spacial score (nSPS) is 11.4. The molecule has 0 aliphatic heterocycles. The fourth-order valence-electron chi connectivity index (χ4n) is 2.07. The highest BCUT2D eigenvalue weighted by atomic mass is 16.3. The topological polar surface area (TPSA) is 32.3 Å². The second-order valence-electron chi connectivity index (χ2n) is 5.83. The molecule has 0 radical (unpaired) electrons. The summed E-state index contributed by atoms with van der Waals surface area (Å²) in [6.07, 6.45) is -0.167. The number of aliphatic hydroxyl groups is 1. The van der Waals surface area contributed by atoms with E-state index in [0.29, 0.717) is 6.04 Å². The van der Waals surface area contributed by atoms with E-state index in [9.17, 15) is 0 Å². The van der Waals surface area contributed by atoms with E-state index in [4.69, 9.17) is 5.11 Å². The van der Waals surface area contributed by atoms with Crippen LogP contribution in [0.1, 0.15) is 52.7 Å². The molecule has 0 aliphatic rings. The van der Waals surface area contributed by atoms with Gasteiger partial charge in [0.15, 0.2) is 0 Å². The second kappa shape index (κ2) is 7.55. The minimum atomic E-state index is -0.167. The van der Waals surface area contributed by atoms with Crippen molar-refractivity contribution in [1.82, 2.24) is 5.32 Å². The van der Waals surface area contributed by atoms with Crippen molar-refractivity contribution in [3.8, 4) is 0 Å². The molecule has 0 amide bonds. The molecule has 0 fully saturated rings. The zero-order chi connectivity index (χ0) is 14.3. The molecule has 18 heavy (non-hydrogen) atoms. The molecule has 104 valence electrons. The molecule has 1 rings (SSSR count). The number of aryl methyl sites for hydroxylation is 1. The van der Waals surface area contributed by atoms with Crippen LogP contribution in [0.25, 0.3) is 0 Å². The first kappa shape index (κ1) is 17.1. The van der Waals surface area contributed by atoms with Crippen LogP contribution in [0.15, 0.2) is 24.3 Å². The number of hydrogen-bond donors (Lipinski definition) is 2. The molecule has 0 atom stereocenters. The van der Waals surface area contributed by atoms with E-state index < -0.39 is 0 Å². The molecule has 0 saturated heterocycles. The molecule has 0 bridgehead atoms. The summed E-state index contributed by atoms with van der Waals surface area (Å²) in [5.74, 6) is 0. The first-order valence-corrected chi connectivity index (χ1v) is 6.68. The summed E-state index contributed by atoms with van der Waals surface area (Å²) in [5, 5.41) is 11.6. The third-order valence-electron chi connectivity index (χ3n) is 2.47. The fourth-order valence-corrected chi connectivity index (χ4v) is 2.07. The Morgan fingerprint density at radius 2 is 1.50 bits per heavy atom. The Bertz CT molecular complexity index is 340. The van der Waals surface area contributed by atoms with Crippen LogP contribution < -0.4 is 5.32 Å². The SMILES string of the molecule is CC(C)O.Cc1ccccc1C(C)(C)NC(C)C. The summed E-state index contributed by atoms with van der Waals surface area (Å²) in [6.45, 7) is 14.4. The molecule has 2 nitrogen and oxygen atoms in total.